The van der Waals surface area contributed by atoms with Gasteiger partial charge in [-0.05, 0) is 37.4 Å². The molecule has 1 aromatic rings. The lowest BCUT2D eigenvalue weighted by atomic mass is 10.1. The summed E-state index contributed by atoms with van der Waals surface area (Å²) in [4.78, 5) is 6.42. The first-order valence-corrected chi connectivity index (χ1v) is 7.03. The van der Waals surface area contributed by atoms with Gasteiger partial charge in [0, 0.05) is 31.0 Å². The van der Waals surface area contributed by atoms with Crippen molar-refractivity contribution in [1.29, 1.82) is 5.26 Å². The monoisotopic (exact) mass is 258 g/mol. The molecule has 0 saturated carbocycles. The molecule has 1 fully saturated rings. The molecule has 4 nitrogen and oxygen atoms in total. The highest BCUT2D eigenvalue weighted by molar-refractivity contribution is 5.49. The Morgan fingerprint density at radius 2 is 2.42 bits per heavy atom. The molecule has 0 radical (unpaired) electrons. The number of pyridine rings is 1. The van der Waals surface area contributed by atoms with Gasteiger partial charge in [-0.2, -0.15) is 5.26 Å². The molecule has 2 rings (SSSR count). The van der Waals surface area contributed by atoms with Crippen molar-refractivity contribution >= 4 is 5.69 Å². The number of rotatable bonds is 5. The highest BCUT2D eigenvalue weighted by Gasteiger charge is 2.19. The summed E-state index contributed by atoms with van der Waals surface area (Å²) in [7, 11) is 0. The van der Waals surface area contributed by atoms with E-state index in [9.17, 15) is 0 Å². The summed E-state index contributed by atoms with van der Waals surface area (Å²) in [6.45, 7) is 7.59. The zero-order valence-electron chi connectivity index (χ0n) is 11.8. The predicted octanol–water partition coefficient (Wildman–Crippen LogP) is 2.17. The number of nitriles is 1. The second-order valence-electron chi connectivity index (χ2n) is 5.60. The maximum absolute atomic E-state index is 8.97. The summed E-state index contributed by atoms with van der Waals surface area (Å²) in [5.41, 5.74) is 1.60. The molecule has 0 spiro atoms. The van der Waals surface area contributed by atoms with E-state index in [0.29, 0.717) is 17.7 Å². The van der Waals surface area contributed by atoms with Crippen LogP contribution in [0.2, 0.25) is 0 Å². The van der Waals surface area contributed by atoms with Crippen LogP contribution in [0.25, 0.3) is 0 Å². The van der Waals surface area contributed by atoms with Crippen molar-refractivity contribution in [3.63, 3.8) is 0 Å². The van der Waals surface area contributed by atoms with Gasteiger partial charge in [-0.15, -0.1) is 0 Å². The third-order valence-electron chi connectivity index (χ3n) is 3.41. The molecule has 1 aromatic heterocycles. The summed E-state index contributed by atoms with van der Waals surface area (Å²) >= 11 is 0. The Morgan fingerprint density at radius 3 is 3.05 bits per heavy atom. The highest BCUT2D eigenvalue weighted by Crippen LogP contribution is 2.18. The smallest absolute Gasteiger partial charge is 0.142 e. The first-order chi connectivity index (χ1) is 9.19. The third-order valence-corrected chi connectivity index (χ3v) is 3.41. The van der Waals surface area contributed by atoms with E-state index >= 15 is 0 Å². The molecule has 0 aliphatic carbocycles. The van der Waals surface area contributed by atoms with Crippen molar-refractivity contribution < 1.29 is 0 Å². The van der Waals surface area contributed by atoms with Crippen LogP contribution >= 0.6 is 0 Å². The van der Waals surface area contributed by atoms with Gasteiger partial charge in [0.25, 0.3) is 0 Å². The van der Waals surface area contributed by atoms with Crippen LogP contribution in [0, 0.1) is 17.2 Å². The second-order valence-corrected chi connectivity index (χ2v) is 5.60. The summed E-state index contributed by atoms with van der Waals surface area (Å²) in [5, 5.41) is 12.5. The van der Waals surface area contributed by atoms with Crippen LogP contribution in [0.1, 0.15) is 32.4 Å². The van der Waals surface area contributed by atoms with Gasteiger partial charge in [-0.1, -0.05) is 13.8 Å². The fourth-order valence-corrected chi connectivity index (χ4v) is 2.58. The molecule has 1 atom stereocenters. The zero-order chi connectivity index (χ0) is 13.7. The molecular formula is C15H22N4. The Balaban J connectivity index is 2.13. The molecule has 1 aliphatic rings. The van der Waals surface area contributed by atoms with Gasteiger partial charge in [0.1, 0.15) is 11.8 Å². The van der Waals surface area contributed by atoms with Gasteiger partial charge in [0.15, 0.2) is 0 Å². The van der Waals surface area contributed by atoms with Crippen LogP contribution in [0.4, 0.5) is 5.69 Å². The maximum Gasteiger partial charge on any atom is 0.142 e. The highest BCUT2D eigenvalue weighted by atomic mass is 15.2. The molecule has 1 saturated heterocycles. The Labute approximate surface area is 115 Å². The van der Waals surface area contributed by atoms with Gasteiger partial charge >= 0.3 is 0 Å². The van der Waals surface area contributed by atoms with E-state index in [1.807, 2.05) is 12.1 Å². The molecule has 102 valence electrons. The number of hydrogen-bond donors (Lipinski definition) is 1. The van der Waals surface area contributed by atoms with Crippen LogP contribution in [-0.2, 0) is 0 Å². The average molecular weight is 258 g/mol. The maximum atomic E-state index is 8.97. The van der Waals surface area contributed by atoms with Crippen LogP contribution in [0.5, 0.6) is 0 Å². The largest absolute Gasteiger partial charge is 0.370 e. The van der Waals surface area contributed by atoms with Gasteiger partial charge < -0.3 is 10.2 Å². The van der Waals surface area contributed by atoms with Crippen LogP contribution < -0.4 is 10.2 Å². The summed E-state index contributed by atoms with van der Waals surface area (Å²) in [6, 6.07) is 6.57. The summed E-state index contributed by atoms with van der Waals surface area (Å²) in [6.07, 6.45) is 4.23. The summed E-state index contributed by atoms with van der Waals surface area (Å²) in [5.74, 6) is 0.597. The van der Waals surface area contributed by atoms with E-state index in [0.717, 1.165) is 25.3 Å². The lowest BCUT2D eigenvalue weighted by Gasteiger charge is -2.29. The molecule has 0 amide bonds. The number of aromatic nitrogens is 1. The first kappa shape index (κ1) is 13.8. The predicted molar refractivity (Wildman–Crippen MR) is 77.0 cm³/mol. The minimum Gasteiger partial charge on any atom is -0.370 e. The molecule has 1 aliphatic heterocycles. The van der Waals surface area contributed by atoms with Crippen molar-refractivity contribution in [3.8, 4) is 6.07 Å². The Morgan fingerprint density at radius 1 is 1.58 bits per heavy atom. The van der Waals surface area contributed by atoms with E-state index in [1.165, 1.54) is 12.8 Å². The van der Waals surface area contributed by atoms with Crippen molar-refractivity contribution in [2.24, 2.45) is 5.92 Å². The van der Waals surface area contributed by atoms with E-state index in [4.69, 9.17) is 5.26 Å². The minimum atomic E-state index is 0.491. The van der Waals surface area contributed by atoms with Gasteiger partial charge in [-0.3, -0.25) is 0 Å². The Hall–Kier alpha value is -1.60. The summed E-state index contributed by atoms with van der Waals surface area (Å²) < 4.78 is 0. The molecule has 4 heteroatoms. The van der Waals surface area contributed by atoms with Crippen molar-refractivity contribution in [2.75, 3.05) is 24.5 Å². The number of nitrogens with zero attached hydrogens (tertiary/aromatic N) is 3. The normalized spacial score (nSPS) is 18.5. The third kappa shape index (κ3) is 3.93. The minimum absolute atomic E-state index is 0.491. The van der Waals surface area contributed by atoms with E-state index < -0.39 is 0 Å². The molecule has 0 aromatic carbocycles. The fourth-order valence-electron chi connectivity index (χ4n) is 2.58. The topological polar surface area (TPSA) is 52.0 Å². The van der Waals surface area contributed by atoms with E-state index in [-0.39, 0.29) is 0 Å². The van der Waals surface area contributed by atoms with Gasteiger partial charge in [0.05, 0.1) is 0 Å². The first-order valence-electron chi connectivity index (χ1n) is 7.03. The van der Waals surface area contributed by atoms with Crippen LogP contribution in [0.15, 0.2) is 18.3 Å². The van der Waals surface area contributed by atoms with E-state index in [2.05, 4.69) is 35.1 Å². The fraction of sp³-hybridized carbons (Fsp3) is 0.600. The molecule has 19 heavy (non-hydrogen) atoms. The Bertz CT molecular complexity index is 444. The quantitative estimate of drug-likeness (QED) is 0.879. The molecule has 2 heterocycles. The van der Waals surface area contributed by atoms with Gasteiger partial charge in [-0.25, -0.2) is 4.98 Å². The van der Waals surface area contributed by atoms with Crippen molar-refractivity contribution in [1.82, 2.24) is 10.3 Å². The standard InChI is InChI=1S/C15H22N4/c1-12(2)10-19(11-13-4-3-6-17-13)15-5-7-18-14(8-15)9-16/h5,7-8,12-13,17H,3-4,6,10-11H2,1-2H3. The van der Waals surface area contributed by atoms with Crippen LogP contribution in [0.3, 0.4) is 0 Å². The lowest BCUT2D eigenvalue weighted by Crippen LogP contribution is -2.39. The molecular weight excluding hydrogens is 236 g/mol. The number of anilines is 1. The SMILES string of the molecule is CC(C)CN(CC1CCCN1)c1ccnc(C#N)c1. The zero-order valence-corrected chi connectivity index (χ0v) is 11.8. The molecule has 0 bridgehead atoms. The van der Waals surface area contributed by atoms with Crippen molar-refractivity contribution in [3.05, 3.63) is 24.0 Å². The van der Waals surface area contributed by atoms with Crippen molar-refractivity contribution in [2.45, 2.75) is 32.7 Å². The molecule has 1 N–H and O–H groups in total. The average Bonchev–Trinajstić information content (AvgIpc) is 2.90. The van der Waals surface area contributed by atoms with Gasteiger partial charge in [0.2, 0.25) is 0 Å². The van der Waals surface area contributed by atoms with Crippen LogP contribution in [-0.4, -0.2) is 30.7 Å². The van der Waals surface area contributed by atoms with E-state index in [1.54, 1.807) is 6.20 Å². The lowest BCUT2D eigenvalue weighted by molar-refractivity contribution is 0.541. The number of nitrogens with one attached hydrogen (secondary N) is 1. The number of hydrogen-bond acceptors (Lipinski definition) is 4. The Kier molecular flexibility index (Phi) is 4.75. The second kappa shape index (κ2) is 6.53. The molecule has 1 unspecified atom stereocenters.